The molecule has 0 aliphatic heterocycles. The highest BCUT2D eigenvalue weighted by Gasteiger charge is 2.62. The first-order valence-corrected chi connectivity index (χ1v) is 15.0. The third-order valence-electron chi connectivity index (χ3n) is 7.94. The van der Waals surface area contributed by atoms with E-state index in [1.165, 1.54) is 0 Å². The fraction of sp³-hybridized carbons (Fsp3) is 0.400. The minimum atomic E-state index is -1.17. The summed E-state index contributed by atoms with van der Waals surface area (Å²) in [6, 6.07) is 21.1. The highest BCUT2D eigenvalue weighted by molar-refractivity contribution is 5.94. The van der Waals surface area contributed by atoms with Gasteiger partial charge in [-0.25, -0.2) is 9.78 Å². The van der Waals surface area contributed by atoms with Crippen LogP contribution < -0.4 is 10.1 Å². The molecule has 0 bridgehead atoms. The average molecular weight is 598 g/mol. The average Bonchev–Trinajstić information content (AvgIpc) is 3.56. The van der Waals surface area contributed by atoms with E-state index in [0.29, 0.717) is 23.8 Å². The van der Waals surface area contributed by atoms with Crippen LogP contribution in [0.4, 0.5) is 0 Å². The van der Waals surface area contributed by atoms with Gasteiger partial charge >= 0.3 is 11.9 Å². The van der Waals surface area contributed by atoms with Gasteiger partial charge in [-0.2, -0.15) is 4.98 Å². The van der Waals surface area contributed by atoms with Gasteiger partial charge in [0.05, 0.1) is 24.1 Å². The SMILES string of the molecule is C=C[C@@H]1C[C@]1(NC(=O)[C@@H]1C[C@@H](Oc2cc(-c3ccccc3)nc(-c3ccccc3)n2)C[C@H]1C(=O)OC(C)(C)C)C(=O)OCC. The maximum atomic E-state index is 13.8. The van der Waals surface area contributed by atoms with Crippen LogP contribution in [0.3, 0.4) is 0 Å². The van der Waals surface area contributed by atoms with Crippen LogP contribution in [0.1, 0.15) is 47.0 Å². The lowest BCUT2D eigenvalue weighted by Gasteiger charge is -2.25. The molecule has 2 fully saturated rings. The molecule has 2 aliphatic rings. The fourth-order valence-corrected chi connectivity index (χ4v) is 5.72. The van der Waals surface area contributed by atoms with Crippen LogP contribution in [-0.2, 0) is 23.9 Å². The molecule has 2 aliphatic carbocycles. The largest absolute Gasteiger partial charge is 0.474 e. The highest BCUT2D eigenvalue weighted by atomic mass is 16.6. The number of ether oxygens (including phenoxy) is 3. The third kappa shape index (κ3) is 6.82. The lowest BCUT2D eigenvalue weighted by molar-refractivity contribution is -0.163. The molecular weight excluding hydrogens is 558 g/mol. The second kappa shape index (κ2) is 12.6. The number of rotatable bonds is 10. The van der Waals surface area contributed by atoms with Gasteiger partial charge < -0.3 is 19.5 Å². The van der Waals surface area contributed by atoms with Gasteiger partial charge in [0.2, 0.25) is 11.8 Å². The number of hydrogen-bond donors (Lipinski definition) is 1. The van der Waals surface area contributed by atoms with Crippen molar-refractivity contribution in [3.8, 4) is 28.5 Å². The van der Waals surface area contributed by atoms with Crippen molar-refractivity contribution in [3.63, 3.8) is 0 Å². The molecule has 230 valence electrons. The Bertz CT molecular complexity index is 1460. The Kier molecular flexibility index (Phi) is 8.85. The van der Waals surface area contributed by atoms with Gasteiger partial charge in [0, 0.05) is 23.1 Å². The first-order valence-electron chi connectivity index (χ1n) is 15.0. The number of hydrogen-bond acceptors (Lipinski definition) is 8. The van der Waals surface area contributed by atoms with Gasteiger partial charge in [-0.15, -0.1) is 6.58 Å². The number of nitrogens with one attached hydrogen (secondary N) is 1. The van der Waals surface area contributed by atoms with Crippen molar-refractivity contribution < 1.29 is 28.6 Å². The van der Waals surface area contributed by atoms with Crippen LogP contribution in [0.15, 0.2) is 79.4 Å². The van der Waals surface area contributed by atoms with E-state index in [0.717, 1.165) is 11.1 Å². The Hall–Kier alpha value is -4.53. The highest BCUT2D eigenvalue weighted by Crippen LogP contribution is 2.46. The van der Waals surface area contributed by atoms with Crippen LogP contribution >= 0.6 is 0 Å². The van der Waals surface area contributed by atoms with Crippen molar-refractivity contribution >= 4 is 17.8 Å². The molecule has 2 aromatic carbocycles. The summed E-state index contributed by atoms with van der Waals surface area (Å²) in [5.41, 5.74) is 0.503. The van der Waals surface area contributed by atoms with Crippen LogP contribution in [0.25, 0.3) is 22.6 Å². The molecule has 44 heavy (non-hydrogen) atoms. The van der Waals surface area contributed by atoms with E-state index in [4.69, 9.17) is 24.2 Å². The van der Waals surface area contributed by atoms with Gasteiger partial charge in [-0.1, -0.05) is 66.7 Å². The van der Waals surface area contributed by atoms with Crippen LogP contribution in [0.5, 0.6) is 5.88 Å². The summed E-state index contributed by atoms with van der Waals surface area (Å²) in [4.78, 5) is 49.5. The molecule has 1 aromatic heterocycles. The molecule has 0 saturated heterocycles. The number of nitrogens with zero attached hydrogens (tertiary/aromatic N) is 2. The van der Waals surface area contributed by atoms with Crippen LogP contribution in [-0.4, -0.2) is 51.7 Å². The predicted molar refractivity (Wildman–Crippen MR) is 165 cm³/mol. The van der Waals surface area contributed by atoms with Crippen molar-refractivity contribution in [1.29, 1.82) is 0 Å². The van der Waals surface area contributed by atoms with Gasteiger partial charge in [-0.3, -0.25) is 9.59 Å². The first-order chi connectivity index (χ1) is 21.0. The second-order valence-electron chi connectivity index (χ2n) is 12.3. The second-order valence-corrected chi connectivity index (χ2v) is 12.3. The van der Waals surface area contributed by atoms with Gasteiger partial charge in [-0.05, 0) is 47.0 Å². The molecule has 0 radical (unpaired) electrons. The molecule has 0 unspecified atom stereocenters. The van der Waals surface area contributed by atoms with E-state index in [1.54, 1.807) is 39.8 Å². The van der Waals surface area contributed by atoms with Gasteiger partial charge in [0.15, 0.2) is 5.82 Å². The number of carbonyl (C=O) groups excluding carboxylic acids is 3. The van der Waals surface area contributed by atoms with Crippen molar-refractivity contribution in [3.05, 3.63) is 79.4 Å². The monoisotopic (exact) mass is 597 g/mol. The van der Waals surface area contributed by atoms with Crippen LogP contribution in [0, 0.1) is 17.8 Å². The summed E-state index contributed by atoms with van der Waals surface area (Å²) in [6.45, 7) is 11.1. The molecule has 5 rings (SSSR count). The normalized spacial score (nSPS) is 24.2. The predicted octanol–water partition coefficient (Wildman–Crippen LogP) is 5.55. The quantitative estimate of drug-likeness (QED) is 0.239. The first kappa shape index (κ1) is 30.9. The Morgan fingerprint density at radius 1 is 0.977 bits per heavy atom. The summed E-state index contributed by atoms with van der Waals surface area (Å²) in [5, 5.41) is 2.91. The van der Waals surface area contributed by atoms with E-state index in [2.05, 4.69) is 11.9 Å². The number of carbonyl (C=O) groups is 3. The molecule has 2 saturated carbocycles. The summed E-state index contributed by atoms with van der Waals surface area (Å²) in [7, 11) is 0. The lowest BCUT2D eigenvalue weighted by Crippen LogP contribution is -2.49. The summed E-state index contributed by atoms with van der Waals surface area (Å²) in [5.74, 6) is -2.36. The standard InChI is InChI=1S/C35H39N3O6/c1-6-24-21-35(24,33(41)42-7-2)38-31(39)26-18-25(19-27(26)32(40)44-34(3,4)5)43-29-20-28(22-14-10-8-11-15-22)36-30(37-29)23-16-12-9-13-17-23/h6,8-17,20,24-27H,1,7,18-19,21H2,2-5H3,(H,38,39)/t24-,25-,26-,27-,35-/m1/s1. The van der Waals surface area contributed by atoms with Crippen LogP contribution in [0.2, 0.25) is 0 Å². The van der Waals surface area contributed by atoms with Gasteiger partial charge in [0.25, 0.3) is 0 Å². The minimum absolute atomic E-state index is 0.190. The van der Waals surface area contributed by atoms with Crippen molar-refractivity contribution in [1.82, 2.24) is 15.3 Å². The Morgan fingerprint density at radius 2 is 1.61 bits per heavy atom. The number of esters is 2. The van der Waals surface area contributed by atoms with Crippen molar-refractivity contribution in [2.75, 3.05) is 6.61 Å². The Labute approximate surface area is 258 Å². The van der Waals surface area contributed by atoms with Gasteiger partial charge in [0.1, 0.15) is 17.2 Å². The number of benzene rings is 2. The lowest BCUT2D eigenvalue weighted by atomic mass is 9.94. The zero-order chi connectivity index (χ0) is 31.5. The summed E-state index contributed by atoms with van der Waals surface area (Å²) >= 11 is 0. The summed E-state index contributed by atoms with van der Waals surface area (Å²) in [6.07, 6.45) is 2.01. The molecule has 1 N–H and O–H groups in total. The molecule has 5 atom stereocenters. The Morgan fingerprint density at radius 3 is 2.20 bits per heavy atom. The molecule has 1 amide bonds. The summed E-state index contributed by atoms with van der Waals surface area (Å²) < 4.78 is 17.4. The molecule has 3 aromatic rings. The maximum absolute atomic E-state index is 13.8. The minimum Gasteiger partial charge on any atom is -0.474 e. The smallest absolute Gasteiger partial charge is 0.332 e. The van der Waals surface area contributed by atoms with E-state index < -0.39 is 46.9 Å². The molecule has 9 nitrogen and oxygen atoms in total. The van der Waals surface area contributed by atoms with E-state index in [-0.39, 0.29) is 25.4 Å². The maximum Gasteiger partial charge on any atom is 0.332 e. The third-order valence-corrected chi connectivity index (χ3v) is 7.94. The van der Waals surface area contributed by atoms with E-state index in [1.807, 2.05) is 60.7 Å². The number of aromatic nitrogens is 2. The zero-order valence-corrected chi connectivity index (χ0v) is 25.6. The fourth-order valence-electron chi connectivity index (χ4n) is 5.72. The molecule has 0 spiro atoms. The van der Waals surface area contributed by atoms with Crippen molar-refractivity contribution in [2.24, 2.45) is 17.8 Å². The van der Waals surface area contributed by atoms with Crippen molar-refractivity contribution in [2.45, 2.75) is 64.2 Å². The molecular formula is C35H39N3O6. The zero-order valence-electron chi connectivity index (χ0n) is 25.6. The molecule has 9 heteroatoms. The Balaban J connectivity index is 1.43. The topological polar surface area (TPSA) is 117 Å². The van der Waals surface area contributed by atoms with E-state index in [9.17, 15) is 14.4 Å². The number of amides is 1. The van der Waals surface area contributed by atoms with E-state index >= 15 is 0 Å². The molecule has 1 heterocycles.